The van der Waals surface area contributed by atoms with Crippen molar-refractivity contribution in [1.82, 2.24) is 15.0 Å². The van der Waals surface area contributed by atoms with Crippen molar-refractivity contribution in [2.24, 2.45) is 0 Å². The fraction of sp³-hybridized carbons (Fsp3) is 0.273. The van der Waals surface area contributed by atoms with Crippen LogP contribution in [0.15, 0.2) is 54.9 Å². The molecule has 0 spiro atoms. The van der Waals surface area contributed by atoms with E-state index < -0.39 is 0 Å². The minimum atomic E-state index is -0.237. The fourth-order valence-electron chi connectivity index (χ4n) is 2.84. The van der Waals surface area contributed by atoms with E-state index in [2.05, 4.69) is 27.2 Å². The van der Waals surface area contributed by atoms with Crippen molar-refractivity contribution < 1.29 is 4.79 Å². The number of pyridine rings is 1. The maximum absolute atomic E-state index is 12.6. The Morgan fingerprint density at radius 3 is 2.43 bits per heavy atom. The first-order chi connectivity index (χ1) is 13.5. The molecular formula is C22H25N5O. The Morgan fingerprint density at radius 2 is 1.75 bits per heavy atom. The van der Waals surface area contributed by atoms with E-state index in [0.29, 0.717) is 11.5 Å². The number of benzene rings is 1. The minimum absolute atomic E-state index is 0.237. The maximum Gasteiger partial charge on any atom is 0.274 e. The van der Waals surface area contributed by atoms with E-state index in [1.54, 1.807) is 25.4 Å². The second-order valence-corrected chi connectivity index (χ2v) is 6.69. The summed E-state index contributed by atoms with van der Waals surface area (Å²) in [5.74, 6) is 1.06. The third-order valence-electron chi connectivity index (χ3n) is 4.55. The molecule has 0 unspecified atom stereocenters. The molecule has 6 nitrogen and oxygen atoms in total. The molecule has 0 aliphatic heterocycles. The Morgan fingerprint density at radius 1 is 1.04 bits per heavy atom. The van der Waals surface area contributed by atoms with Gasteiger partial charge in [0.25, 0.3) is 5.91 Å². The van der Waals surface area contributed by atoms with E-state index in [-0.39, 0.29) is 5.91 Å². The summed E-state index contributed by atoms with van der Waals surface area (Å²) in [6.45, 7) is 4.68. The molecule has 3 rings (SSSR count). The normalized spacial score (nSPS) is 10.5. The van der Waals surface area contributed by atoms with E-state index in [9.17, 15) is 4.79 Å². The predicted octanol–water partition coefficient (Wildman–Crippen LogP) is 3.67. The molecule has 0 atom stereocenters. The predicted molar refractivity (Wildman–Crippen MR) is 112 cm³/mol. The van der Waals surface area contributed by atoms with Crippen LogP contribution in [0.25, 0.3) is 0 Å². The van der Waals surface area contributed by atoms with Gasteiger partial charge in [0.2, 0.25) is 0 Å². The molecule has 0 aliphatic carbocycles. The number of rotatable bonds is 7. The summed E-state index contributed by atoms with van der Waals surface area (Å²) in [5.41, 5.74) is 3.55. The van der Waals surface area contributed by atoms with E-state index >= 15 is 0 Å². The van der Waals surface area contributed by atoms with Crippen LogP contribution in [0.4, 0.5) is 11.5 Å². The van der Waals surface area contributed by atoms with Gasteiger partial charge < -0.3 is 10.2 Å². The number of hydrogen-bond donors (Lipinski definition) is 1. The van der Waals surface area contributed by atoms with Crippen molar-refractivity contribution in [3.05, 3.63) is 77.5 Å². The second-order valence-electron chi connectivity index (χ2n) is 6.69. The Labute approximate surface area is 165 Å². The lowest BCUT2D eigenvalue weighted by molar-refractivity contribution is 0.102. The van der Waals surface area contributed by atoms with Crippen LogP contribution in [0, 0.1) is 6.92 Å². The van der Waals surface area contributed by atoms with Gasteiger partial charge in [0, 0.05) is 37.7 Å². The zero-order valence-electron chi connectivity index (χ0n) is 16.5. The van der Waals surface area contributed by atoms with E-state index in [4.69, 9.17) is 0 Å². The van der Waals surface area contributed by atoms with Gasteiger partial charge in [-0.3, -0.25) is 9.78 Å². The van der Waals surface area contributed by atoms with Crippen LogP contribution in [0.3, 0.4) is 0 Å². The minimum Gasteiger partial charge on any atom is -0.359 e. The first-order valence-electron chi connectivity index (χ1n) is 9.41. The SMILES string of the molecule is CCc1ccc(NC(=O)c2cc(N(C)CCc3ccncc3)nc(C)n2)cc1. The van der Waals surface area contributed by atoms with Gasteiger partial charge in [-0.25, -0.2) is 9.97 Å². The highest BCUT2D eigenvalue weighted by Gasteiger charge is 2.13. The topological polar surface area (TPSA) is 71.0 Å². The number of nitrogens with zero attached hydrogens (tertiary/aromatic N) is 4. The maximum atomic E-state index is 12.6. The van der Waals surface area contributed by atoms with Crippen LogP contribution in [0.1, 0.15) is 34.4 Å². The molecule has 1 aromatic carbocycles. The molecule has 1 N–H and O–H groups in total. The van der Waals surface area contributed by atoms with Crippen LogP contribution in [-0.2, 0) is 12.8 Å². The van der Waals surface area contributed by atoms with Crippen LogP contribution in [-0.4, -0.2) is 34.5 Å². The summed E-state index contributed by atoms with van der Waals surface area (Å²) in [5, 5.41) is 2.91. The average Bonchev–Trinajstić information content (AvgIpc) is 2.72. The number of aryl methyl sites for hydroxylation is 2. The van der Waals surface area contributed by atoms with Crippen LogP contribution in [0.2, 0.25) is 0 Å². The van der Waals surface area contributed by atoms with Gasteiger partial charge in [0.15, 0.2) is 0 Å². The standard InChI is InChI=1S/C22H25N5O/c1-4-17-5-7-19(8-6-17)26-22(28)20-15-21(25-16(2)24-20)27(3)14-11-18-9-12-23-13-10-18/h5-10,12-13,15H,4,11,14H2,1-3H3,(H,26,28). The monoisotopic (exact) mass is 375 g/mol. The largest absolute Gasteiger partial charge is 0.359 e. The lowest BCUT2D eigenvalue weighted by atomic mass is 10.1. The van der Waals surface area contributed by atoms with Crippen molar-refractivity contribution in [2.45, 2.75) is 26.7 Å². The van der Waals surface area contributed by atoms with Gasteiger partial charge in [-0.15, -0.1) is 0 Å². The molecule has 144 valence electrons. The number of hydrogen-bond acceptors (Lipinski definition) is 5. The Balaban J connectivity index is 1.69. The molecule has 2 aromatic heterocycles. The highest BCUT2D eigenvalue weighted by atomic mass is 16.1. The van der Waals surface area contributed by atoms with Crippen molar-refractivity contribution in [3.8, 4) is 0 Å². The number of carbonyl (C=O) groups is 1. The molecular weight excluding hydrogens is 350 g/mol. The van der Waals surface area contributed by atoms with Gasteiger partial charge >= 0.3 is 0 Å². The molecule has 0 saturated carbocycles. The van der Waals surface area contributed by atoms with Gasteiger partial charge in [-0.2, -0.15) is 0 Å². The molecule has 0 fully saturated rings. The van der Waals surface area contributed by atoms with E-state index in [1.165, 1.54) is 11.1 Å². The molecule has 0 aliphatic rings. The number of amides is 1. The fourth-order valence-corrected chi connectivity index (χ4v) is 2.84. The molecule has 2 heterocycles. The Kier molecular flexibility index (Phi) is 6.32. The molecule has 28 heavy (non-hydrogen) atoms. The first-order valence-corrected chi connectivity index (χ1v) is 9.41. The molecule has 0 bridgehead atoms. The summed E-state index contributed by atoms with van der Waals surface area (Å²) < 4.78 is 0. The smallest absolute Gasteiger partial charge is 0.274 e. The van der Waals surface area contributed by atoms with E-state index in [0.717, 1.165) is 30.9 Å². The summed E-state index contributed by atoms with van der Waals surface area (Å²) in [6.07, 6.45) is 5.42. The Bertz CT molecular complexity index is 925. The number of aromatic nitrogens is 3. The molecule has 0 radical (unpaired) electrons. The van der Waals surface area contributed by atoms with E-state index in [1.807, 2.05) is 48.3 Å². The molecule has 0 saturated heterocycles. The molecule has 3 aromatic rings. The zero-order valence-corrected chi connectivity index (χ0v) is 16.5. The average molecular weight is 375 g/mol. The van der Waals surface area contributed by atoms with Crippen molar-refractivity contribution in [2.75, 3.05) is 23.8 Å². The highest BCUT2D eigenvalue weighted by molar-refractivity contribution is 6.03. The summed E-state index contributed by atoms with van der Waals surface area (Å²) in [4.78, 5) is 27.5. The Hall–Kier alpha value is -3.28. The van der Waals surface area contributed by atoms with Gasteiger partial charge in [0.1, 0.15) is 17.3 Å². The van der Waals surface area contributed by atoms with Crippen molar-refractivity contribution in [1.29, 1.82) is 0 Å². The zero-order chi connectivity index (χ0) is 19.9. The quantitative estimate of drug-likeness (QED) is 0.682. The highest BCUT2D eigenvalue weighted by Crippen LogP contribution is 2.15. The van der Waals surface area contributed by atoms with Crippen LogP contribution >= 0.6 is 0 Å². The molecule has 1 amide bonds. The third kappa shape index (κ3) is 5.13. The van der Waals surface area contributed by atoms with Crippen LogP contribution in [0.5, 0.6) is 0 Å². The summed E-state index contributed by atoms with van der Waals surface area (Å²) in [7, 11) is 1.97. The van der Waals surface area contributed by atoms with Crippen molar-refractivity contribution in [3.63, 3.8) is 0 Å². The first kappa shape index (κ1) is 19.5. The van der Waals surface area contributed by atoms with Crippen LogP contribution < -0.4 is 10.2 Å². The summed E-state index contributed by atoms with van der Waals surface area (Å²) >= 11 is 0. The lowest BCUT2D eigenvalue weighted by Crippen LogP contribution is -2.23. The van der Waals surface area contributed by atoms with Gasteiger partial charge in [-0.05, 0) is 55.2 Å². The second kappa shape index (κ2) is 9.08. The molecule has 6 heteroatoms. The number of anilines is 2. The van der Waals surface area contributed by atoms with Gasteiger partial charge in [-0.1, -0.05) is 19.1 Å². The number of likely N-dealkylation sites (N-methyl/N-ethyl adjacent to an activating group) is 1. The number of carbonyl (C=O) groups excluding carboxylic acids is 1. The third-order valence-corrected chi connectivity index (χ3v) is 4.55. The van der Waals surface area contributed by atoms with Crippen molar-refractivity contribution >= 4 is 17.4 Å². The van der Waals surface area contributed by atoms with Gasteiger partial charge in [0.05, 0.1) is 0 Å². The lowest BCUT2D eigenvalue weighted by Gasteiger charge is -2.19. The summed E-state index contributed by atoms with van der Waals surface area (Å²) in [6, 6.07) is 13.6. The number of nitrogens with one attached hydrogen (secondary N) is 1.